The highest BCUT2D eigenvalue weighted by Crippen LogP contribution is 2.35. The number of ether oxygens (including phenoxy) is 1. The Kier molecular flexibility index (Phi) is 5.43. The summed E-state index contributed by atoms with van der Waals surface area (Å²) in [6.07, 6.45) is 0. The average Bonchev–Trinajstić information content (AvgIpc) is 2.71. The van der Waals surface area contributed by atoms with Gasteiger partial charge in [0.2, 0.25) is 0 Å². The molecule has 3 aromatic carbocycles. The molecule has 0 spiro atoms. The van der Waals surface area contributed by atoms with Gasteiger partial charge in [0, 0.05) is 21.3 Å². The van der Waals surface area contributed by atoms with E-state index in [0.29, 0.717) is 39.3 Å². The first-order valence-corrected chi connectivity index (χ1v) is 9.64. The molecule has 0 bridgehead atoms. The maximum atomic E-state index is 12.5. The van der Waals surface area contributed by atoms with Crippen molar-refractivity contribution in [3.63, 3.8) is 0 Å². The molecular formula is C22H16Cl2N2O3. The summed E-state index contributed by atoms with van der Waals surface area (Å²) < 4.78 is 5.54. The predicted molar refractivity (Wildman–Crippen MR) is 114 cm³/mol. The third-order valence-electron chi connectivity index (χ3n) is 4.50. The first-order valence-electron chi connectivity index (χ1n) is 8.88. The normalized spacial score (nSPS) is 12.9. The van der Waals surface area contributed by atoms with Crippen LogP contribution in [0, 0.1) is 0 Å². The van der Waals surface area contributed by atoms with E-state index in [4.69, 9.17) is 27.9 Å². The van der Waals surface area contributed by atoms with Gasteiger partial charge in [-0.15, -0.1) is 0 Å². The van der Waals surface area contributed by atoms with E-state index in [9.17, 15) is 9.59 Å². The Morgan fingerprint density at radius 1 is 1.00 bits per heavy atom. The van der Waals surface area contributed by atoms with Gasteiger partial charge in [0.15, 0.2) is 6.61 Å². The number of hydrogen-bond donors (Lipinski definition) is 1. The Morgan fingerprint density at radius 2 is 1.79 bits per heavy atom. The number of anilines is 2. The van der Waals surface area contributed by atoms with Crippen LogP contribution in [-0.2, 0) is 11.3 Å². The highest BCUT2D eigenvalue weighted by molar-refractivity contribution is 6.31. The van der Waals surface area contributed by atoms with E-state index >= 15 is 0 Å². The maximum Gasteiger partial charge on any atom is 0.265 e. The molecule has 1 aliphatic rings. The van der Waals surface area contributed by atoms with Crippen LogP contribution >= 0.6 is 23.2 Å². The number of amides is 2. The molecule has 5 nitrogen and oxygen atoms in total. The van der Waals surface area contributed by atoms with Crippen molar-refractivity contribution in [1.82, 2.24) is 0 Å². The van der Waals surface area contributed by atoms with E-state index in [2.05, 4.69) is 5.32 Å². The number of nitrogens with one attached hydrogen (secondary N) is 1. The number of carbonyl (C=O) groups is 2. The van der Waals surface area contributed by atoms with Gasteiger partial charge in [0.25, 0.3) is 11.8 Å². The van der Waals surface area contributed by atoms with Crippen LogP contribution in [0.5, 0.6) is 5.75 Å². The molecule has 0 saturated carbocycles. The molecule has 1 aliphatic heterocycles. The summed E-state index contributed by atoms with van der Waals surface area (Å²) in [7, 11) is 0. The number of fused-ring (bicyclic) bond motifs is 1. The number of nitrogens with zero attached hydrogens (tertiary/aromatic N) is 1. The van der Waals surface area contributed by atoms with Crippen LogP contribution in [0.25, 0.3) is 0 Å². The molecular weight excluding hydrogens is 411 g/mol. The van der Waals surface area contributed by atoms with E-state index < -0.39 is 0 Å². The SMILES string of the molecule is O=C(Nc1ccc2c(c1)N(Cc1cccc(Cl)c1)C(=O)CO2)c1ccc(Cl)cc1. The van der Waals surface area contributed by atoms with Gasteiger partial charge >= 0.3 is 0 Å². The van der Waals surface area contributed by atoms with Crippen LogP contribution in [0.15, 0.2) is 66.7 Å². The molecule has 0 fully saturated rings. The van der Waals surface area contributed by atoms with Gasteiger partial charge in [0.1, 0.15) is 5.75 Å². The zero-order valence-corrected chi connectivity index (χ0v) is 16.7. The second-order valence-corrected chi connectivity index (χ2v) is 7.41. The summed E-state index contributed by atoms with van der Waals surface area (Å²) in [4.78, 5) is 26.6. The molecule has 7 heteroatoms. The quantitative estimate of drug-likeness (QED) is 0.625. The smallest absolute Gasteiger partial charge is 0.265 e. The summed E-state index contributed by atoms with van der Waals surface area (Å²) in [6.45, 7) is 0.314. The molecule has 0 unspecified atom stereocenters. The average molecular weight is 427 g/mol. The van der Waals surface area contributed by atoms with Crippen molar-refractivity contribution in [2.45, 2.75) is 6.54 Å². The Balaban J connectivity index is 1.60. The Bertz CT molecular complexity index is 1080. The number of benzene rings is 3. The lowest BCUT2D eigenvalue weighted by molar-refractivity contribution is -0.121. The lowest BCUT2D eigenvalue weighted by atomic mass is 10.1. The van der Waals surface area contributed by atoms with Crippen LogP contribution in [0.2, 0.25) is 10.0 Å². The van der Waals surface area contributed by atoms with Gasteiger partial charge in [-0.3, -0.25) is 9.59 Å². The fourth-order valence-corrected chi connectivity index (χ4v) is 3.41. The van der Waals surface area contributed by atoms with Gasteiger partial charge in [-0.1, -0.05) is 35.3 Å². The molecule has 3 aromatic rings. The summed E-state index contributed by atoms with van der Waals surface area (Å²) in [5, 5.41) is 4.00. The number of carbonyl (C=O) groups excluding carboxylic acids is 2. The van der Waals surface area contributed by atoms with Crippen LogP contribution < -0.4 is 15.0 Å². The first kappa shape index (κ1) is 19.3. The van der Waals surface area contributed by atoms with Gasteiger partial charge in [-0.2, -0.15) is 0 Å². The molecule has 29 heavy (non-hydrogen) atoms. The van der Waals surface area contributed by atoms with Gasteiger partial charge in [-0.05, 0) is 60.2 Å². The largest absolute Gasteiger partial charge is 0.482 e. The minimum Gasteiger partial charge on any atom is -0.482 e. The van der Waals surface area contributed by atoms with Crippen LogP contribution in [0.1, 0.15) is 15.9 Å². The molecule has 0 aromatic heterocycles. The number of halogens is 2. The van der Waals surface area contributed by atoms with Crippen molar-refractivity contribution in [2.24, 2.45) is 0 Å². The Hall–Kier alpha value is -3.02. The topological polar surface area (TPSA) is 58.6 Å². The Morgan fingerprint density at radius 3 is 2.55 bits per heavy atom. The lowest BCUT2D eigenvalue weighted by Gasteiger charge is -2.30. The van der Waals surface area contributed by atoms with E-state index in [-0.39, 0.29) is 18.4 Å². The molecule has 4 rings (SSSR count). The van der Waals surface area contributed by atoms with Crippen molar-refractivity contribution >= 4 is 46.4 Å². The fraction of sp³-hybridized carbons (Fsp3) is 0.0909. The van der Waals surface area contributed by atoms with Crippen molar-refractivity contribution in [3.05, 3.63) is 87.9 Å². The van der Waals surface area contributed by atoms with Crippen LogP contribution in [0.4, 0.5) is 11.4 Å². The predicted octanol–water partition coefficient (Wildman–Crippen LogP) is 5.17. The third-order valence-corrected chi connectivity index (χ3v) is 4.98. The molecule has 146 valence electrons. The molecule has 0 aliphatic carbocycles. The molecule has 0 atom stereocenters. The maximum absolute atomic E-state index is 12.5. The molecule has 1 N–H and O–H groups in total. The van der Waals surface area contributed by atoms with Gasteiger partial charge in [0.05, 0.1) is 12.2 Å². The second kappa shape index (κ2) is 8.15. The summed E-state index contributed by atoms with van der Waals surface area (Å²) >= 11 is 11.9. The number of hydrogen-bond acceptors (Lipinski definition) is 3. The zero-order valence-electron chi connectivity index (χ0n) is 15.2. The van der Waals surface area contributed by atoms with Crippen LogP contribution in [-0.4, -0.2) is 18.4 Å². The zero-order chi connectivity index (χ0) is 20.4. The van der Waals surface area contributed by atoms with Crippen LogP contribution in [0.3, 0.4) is 0 Å². The number of rotatable bonds is 4. The summed E-state index contributed by atoms with van der Waals surface area (Å²) in [5.41, 5.74) is 2.53. The molecule has 1 heterocycles. The van der Waals surface area contributed by atoms with E-state index in [1.807, 2.05) is 18.2 Å². The monoisotopic (exact) mass is 426 g/mol. The van der Waals surface area contributed by atoms with Crippen molar-refractivity contribution < 1.29 is 14.3 Å². The second-order valence-electron chi connectivity index (χ2n) is 6.54. The van der Waals surface area contributed by atoms with E-state index in [1.54, 1.807) is 53.4 Å². The molecule has 0 saturated heterocycles. The lowest BCUT2D eigenvalue weighted by Crippen LogP contribution is -2.38. The van der Waals surface area contributed by atoms with Crippen molar-refractivity contribution in [1.29, 1.82) is 0 Å². The molecule has 2 amide bonds. The Labute approximate surface area is 177 Å². The minimum atomic E-state index is -0.272. The summed E-state index contributed by atoms with van der Waals surface area (Å²) in [5.74, 6) is 0.140. The van der Waals surface area contributed by atoms with Gasteiger partial charge in [-0.25, -0.2) is 0 Å². The van der Waals surface area contributed by atoms with E-state index in [1.165, 1.54) is 0 Å². The van der Waals surface area contributed by atoms with Crippen molar-refractivity contribution in [3.8, 4) is 5.75 Å². The fourth-order valence-electron chi connectivity index (χ4n) is 3.08. The highest BCUT2D eigenvalue weighted by atomic mass is 35.5. The highest BCUT2D eigenvalue weighted by Gasteiger charge is 2.26. The summed E-state index contributed by atoms with van der Waals surface area (Å²) in [6, 6.07) is 19.1. The van der Waals surface area contributed by atoms with Crippen molar-refractivity contribution in [2.75, 3.05) is 16.8 Å². The van der Waals surface area contributed by atoms with Gasteiger partial charge < -0.3 is 15.0 Å². The van der Waals surface area contributed by atoms with E-state index in [0.717, 1.165) is 5.56 Å². The standard InChI is InChI=1S/C22H16Cl2N2O3/c23-16-6-4-15(5-7-16)22(28)25-18-8-9-20-19(11-18)26(21(27)13-29-20)12-14-2-1-3-17(24)10-14/h1-11H,12-13H2,(H,25,28). The minimum absolute atomic E-state index is 0.0377. The first-order chi connectivity index (χ1) is 14.0. The third kappa shape index (κ3) is 4.36. The molecule has 0 radical (unpaired) electrons.